The fourth-order valence-electron chi connectivity index (χ4n) is 2.07. The minimum absolute atomic E-state index is 0.116. The summed E-state index contributed by atoms with van der Waals surface area (Å²) in [5.74, 6) is 0.343. The lowest BCUT2D eigenvalue weighted by atomic mass is 10.1. The molecule has 0 aromatic rings. The number of hydrogen-bond donors (Lipinski definition) is 2. The lowest BCUT2D eigenvalue weighted by Gasteiger charge is -2.28. The van der Waals surface area contributed by atoms with Crippen LogP contribution in [0.25, 0.3) is 0 Å². The number of carbonyl (C=O) groups is 1. The van der Waals surface area contributed by atoms with E-state index < -0.39 is 5.60 Å². The van der Waals surface area contributed by atoms with Crippen LogP contribution in [0.1, 0.15) is 40.0 Å². The second kappa shape index (κ2) is 4.94. The van der Waals surface area contributed by atoms with Gasteiger partial charge in [-0.3, -0.25) is 5.41 Å². The molecule has 3 N–H and O–H groups in total. The number of ether oxygens (including phenoxy) is 1. The maximum Gasteiger partial charge on any atom is 0.410 e. The van der Waals surface area contributed by atoms with Gasteiger partial charge in [-0.15, -0.1) is 0 Å². The van der Waals surface area contributed by atoms with Crippen molar-refractivity contribution in [3.63, 3.8) is 0 Å². The van der Waals surface area contributed by atoms with Crippen LogP contribution in [0.3, 0.4) is 0 Å². The summed E-state index contributed by atoms with van der Waals surface area (Å²) in [7, 11) is 1.75. The molecule has 0 aliphatic heterocycles. The van der Waals surface area contributed by atoms with E-state index in [4.69, 9.17) is 15.9 Å². The largest absolute Gasteiger partial charge is 0.444 e. The van der Waals surface area contributed by atoms with Gasteiger partial charge in [0.05, 0.1) is 5.84 Å². The van der Waals surface area contributed by atoms with Crippen LogP contribution in [0.5, 0.6) is 0 Å². The molecule has 0 bridgehead atoms. The van der Waals surface area contributed by atoms with E-state index in [-0.39, 0.29) is 23.9 Å². The Balaban J connectivity index is 2.52. The first-order valence-electron chi connectivity index (χ1n) is 6.00. The van der Waals surface area contributed by atoms with Crippen molar-refractivity contribution < 1.29 is 9.53 Å². The minimum atomic E-state index is -0.468. The number of hydrogen-bond acceptors (Lipinski definition) is 3. The highest BCUT2D eigenvalue weighted by Crippen LogP contribution is 2.29. The fourth-order valence-corrected chi connectivity index (χ4v) is 2.07. The Morgan fingerprint density at radius 3 is 2.41 bits per heavy atom. The van der Waals surface area contributed by atoms with Gasteiger partial charge in [0.1, 0.15) is 5.60 Å². The van der Waals surface area contributed by atoms with Crippen molar-refractivity contribution in [2.75, 3.05) is 7.05 Å². The molecular weight excluding hydrogens is 218 g/mol. The SMILES string of the molecule is CN(C(=O)OC(C)(C)C)C1CCC(C(=N)N)C1. The number of rotatable bonds is 2. The van der Waals surface area contributed by atoms with Crippen molar-refractivity contribution in [2.24, 2.45) is 11.7 Å². The standard InChI is InChI=1S/C12H23N3O2/c1-12(2,3)17-11(16)15(4)9-6-5-8(7-9)10(13)14/h8-9H,5-7H2,1-4H3,(H3,13,14). The van der Waals surface area contributed by atoms with Gasteiger partial charge in [-0.05, 0) is 40.0 Å². The maximum absolute atomic E-state index is 11.8. The molecule has 1 fully saturated rings. The van der Waals surface area contributed by atoms with Gasteiger partial charge >= 0.3 is 6.09 Å². The van der Waals surface area contributed by atoms with Crippen molar-refractivity contribution in [3.05, 3.63) is 0 Å². The average molecular weight is 241 g/mol. The summed E-state index contributed by atoms with van der Waals surface area (Å²) in [5.41, 5.74) is 5.02. The van der Waals surface area contributed by atoms with E-state index in [1.165, 1.54) is 0 Å². The molecule has 0 aromatic carbocycles. The molecular formula is C12H23N3O2. The molecule has 2 atom stereocenters. The Morgan fingerprint density at radius 1 is 1.41 bits per heavy atom. The molecule has 17 heavy (non-hydrogen) atoms. The number of nitrogens with one attached hydrogen (secondary N) is 1. The Bertz CT molecular complexity index is 309. The summed E-state index contributed by atoms with van der Waals surface area (Å²) >= 11 is 0. The van der Waals surface area contributed by atoms with Crippen molar-refractivity contribution in [1.29, 1.82) is 5.41 Å². The molecule has 1 aliphatic rings. The van der Waals surface area contributed by atoms with Gasteiger partial charge in [-0.25, -0.2) is 4.79 Å². The van der Waals surface area contributed by atoms with Crippen LogP contribution in [0.2, 0.25) is 0 Å². The predicted octanol–water partition coefficient (Wildman–Crippen LogP) is 1.96. The average Bonchev–Trinajstić information content (AvgIpc) is 2.62. The van der Waals surface area contributed by atoms with Gasteiger partial charge < -0.3 is 15.4 Å². The van der Waals surface area contributed by atoms with Gasteiger partial charge in [-0.1, -0.05) is 0 Å². The van der Waals surface area contributed by atoms with Crippen LogP contribution >= 0.6 is 0 Å². The van der Waals surface area contributed by atoms with Crippen molar-refractivity contribution in [1.82, 2.24) is 4.90 Å². The first kappa shape index (κ1) is 13.8. The summed E-state index contributed by atoms with van der Waals surface area (Å²) in [5, 5.41) is 7.42. The van der Waals surface area contributed by atoms with Gasteiger partial charge in [-0.2, -0.15) is 0 Å². The Morgan fingerprint density at radius 2 is 2.00 bits per heavy atom. The number of amidine groups is 1. The zero-order valence-corrected chi connectivity index (χ0v) is 11.1. The zero-order valence-electron chi connectivity index (χ0n) is 11.1. The second-order valence-corrected chi connectivity index (χ2v) is 5.71. The highest BCUT2D eigenvalue weighted by molar-refractivity contribution is 5.80. The third-order valence-corrected chi connectivity index (χ3v) is 3.07. The van der Waals surface area contributed by atoms with Crippen LogP contribution in [-0.4, -0.2) is 35.5 Å². The molecule has 1 amide bonds. The van der Waals surface area contributed by atoms with E-state index in [1.54, 1.807) is 11.9 Å². The van der Waals surface area contributed by atoms with Crippen LogP contribution in [0.15, 0.2) is 0 Å². The van der Waals surface area contributed by atoms with Gasteiger partial charge in [0, 0.05) is 19.0 Å². The summed E-state index contributed by atoms with van der Waals surface area (Å²) < 4.78 is 5.31. The summed E-state index contributed by atoms with van der Waals surface area (Å²) in [6.45, 7) is 5.56. The first-order chi connectivity index (χ1) is 7.70. The highest BCUT2D eigenvalue weighted by Gasteiger charge is 2.33. The molecule has 0 saturated heterocycles. The second-order valence-electron chi connectivity index (χ2n) is 5.71. The van der Waals surface area contributed by atoms with Gasteiger partial charge in [0.15, 0.2) is 0 Å². The summed E-state index contributed by atoms with van der Waals surface area (Å²) in [4.78, 5) is 13.5. The van der Waals surface area contributed by atoms with Crippen molar-refractivity contribution >= 4 is 11.9 Å². The molecule has 0 aromatic heterocycles. The normalized spacial score (nSPS) is 24.5. The van der Waals surface area contributed by atoms with Gasteiger partial charge in [0.25, 0.3) is 0 Å². The van der Waals surface area contributed by atoms with E-state index in [0.717, 1.165) is 19.3 Å². The fraction of sp³-hybridized carbons (Fsp3) is 0.833. The molecule has 98 valence electrons. The van der Waals surface area contributed by atoms with E-state index in [0.29, 0.717) is 0 Å². The first-order valence-corrected chi connectivity index (χ1v) is 6.00. The number of amides is 1. The number of nitrogens with two attached hydrogens (primary N) is 1. The van der Waals surface area contributed by atoms with Crippen LogP contribution in [0, 0.1) is 11.3 Å². The smallest absolute Gasteiger partial charge is 0.410 e. The molecule has 5 nitrogen and oxygen atoms in total. The number of carbonyl (C=O) groups excluding carboxylic acids is 1. The van der Waals surface area contributed by atoms with E-state index >= 15 is 0 Å². The Labute approximate surface area is 103 Å². The summed E-state index contributed by atoms with van der Waals surface area (Å²) in [6, 6.07) is 0.138. The van der Waals surface area contributed by atoms with Crippen molar-refractivity contribution in [3.8, 4) is 0 Å². The van der Waals surface area contributed by atoms with E-state index in [2.05, 4.69) is 0 Å². The Hall–Kier alpha value is -1.26. The van der Waals surface area contributed by atoms with Crippen LogP contribution in [-0.2, 0) is 4.74 Å². The van der Waals surface area contributed by atoms with Crippen LogP contribution in [0.4, 0.5) is 4.79 Å². The van der Waals surface area contributed by atoms with Gasteiger partial charge in [0.2, 0.25) is 0 Å². The molecule has 1 rings (SSSR count). The minimum Gasteiger partial charge on any atom is -0.444 e. The molecule has 5 heteroatoms. The summed E-state index contributed by atoms with van der Waals surface area (Å²) in [6.07, 6.45) is 2.24. The number of nitrogens with zero attached hydrogens (tertiary/aromatic N) is 1. The van der Waals surface area contributed by atoms with E-state index in [1.807, 2.05) is 20.8 Å². The third kappa shape index (κ3) is 3.91. The topological polar surface area (TPSA) is 79.4 Å². The van der Waals surface area contributed by atoms with E-state index in [9.17, 15) is 4.79 Å². The molecule has 0 spiro atoms. The molecule has 2 unspecified atom stereocenters. The third-order valence-electron chi connectivity index (χ3n) is 3.07. The molecule has 1 aliphatic carbocycles. The molecule has 0 heterocycles. The zero-order chi connectivity index (χ0) is 13.2. The monoisotopic (exact) mass is 241 g/mol. The quantitative estimate of drug-likeness (QED) is 0.573. The van der Waals surface area contributed by atoms with Crippen LogP contribution < -0.4 is 5.73 Å². The molecule has 1 saturated carbocycles. The predicted molar refractivity (Wildman–Crippen MR) is 67.0 cm³/mol. The Kier molecular flexibility index (Phi) is 4.01. The lowest BCUT2D eigenvalue weighted by Crippen LogP contribution is -2.40. The maximum atomic E-state index is 11.8. The lowest BCUT2D eigenvalue weighted by molar-refractivity contribution is 0.0225. The van der Waals surface area contributed by atoms with Crippen molar-refractivity contribution in [2.45, 2.75) is 51.7 Å². The highest BCUT2D eigenvalue weighted by atomic mass is 16.6. The molecule has 0 radical (unpaired) electrons.